The maximum atomic E-state index is 15.9. The van der Waals surface area contributed by atoms with Crippen molar-refractivity contribution in [2.24, 2.45) is 35.0 Å². The fourth-order valence-electron chi connectivity index (χ4n) is 18.8. The Morgan fingerprint density at radius 1 is 0.661 bits per heavy atom. The molecular weight excluding hydrogens is 1470 g/mol. The number of likely N-dealkylation sites (N-methyl/N-ethyl adjacent to an activating group) is 6. The van der Waals surface area contributed by atoms with Crippen LogP contribution in [0.5, 0.6) is 0 Å². The van der Waals surface area contributed by atoms with Crippen molar-refractivity contribution in [2.45, 2.75) is 291 Å². The maximum Gasteiger partial charge on any atom is 0.397 e. The molecule has 630 valence electrons. The molecule has 2 bridgehead atoms. The first-order valence-corrected chi connectivity index (χ1v) is 40.5. The number of ether oxygens (including phenoxy) is 2. The molecule has 3 heterocycles. The van der Waals surface area contributed by atoms with Crippen molar-refractivity contribution >= 4 is 70.9 Å². The molecule has 2 saturated heterocycles. The van der Waals surface area contributed by atoms with E-state index in [0.717, 1.165) is 27.5 Å². The molecule has 9 aliphatic rings. The van der Waals surface area contributed by atoms with E-state index < -0.39 is 255 Å². The number of carbonyl (C=O) groups excluding carboxylic acids is 12. The molecule has 3 aliphatic heterocycles. The van der Waals surface area contributed by atoms with Gasteiger partial charge in [0.15, 0.2) is 0 Å². The van der Waals surface area contributed by atoms with E-state index in [4.69, 9.17) is 9.47 Å². The lowest BCUT2D eigenvalue weighted by atomic mass is 9.58. The summed E-state index contributed by atoms with van der Waals surface area (Å²) >= 11 is 0. The molecule has 1 spiro atoms. The molecule has 112 heavy (non-hydrogen) atoms. The quantitative estimate of drug-likeness (QED) is 0.124. The van der Waals surface area contributed by atoms with Gasteiger partial charge in [-0.3, -0.25) is 57.5 Å². The van der Waals surface area contributed by atoms with E-state index >= 15 is 42.3 Å². The van der Waals surface area contributed by atoms with Gasteiger partial charge in [-0.2, -0.15) is 13.2 Å². The van der Waals surface area contributed by atoms with E-state index in [1.165, 1.54) is 85.8 Å². The first-order chi connectivity index (χ1) is 52.6. The van der Waals surface area contributed by atoms with Crippen LogP contribution in [0.3, 0.4) is 0 Å². The van der Waals surface area contributed by atoms with Crippen molar-refractivity contribution in [2.75, 3.05) is 89.2 Å². The Morgan fingerprint density at radius 3 is 1.87 bits per heavy atom. The average molecular weight is 1600 g/mol. The van der Waals surface area contributed by atoms with Crippen molar-refractivity contribution in [3.8, 4) is 0 Å². The fourth-order valence-corrected chi connectivity index (χ4v) is 18.8. The van der Waals surface area contributed by atoms with E-state index in [1.807, 2.05) is 13.8 Å². The van der Waals surface area contributed by atoms with Gasteiger partial charge in [-0.05, 0) is 138 Å². The van der Waals surface area contributed by atoms with Gasteiger partial charge in [0, 0.05) is 94.8 Å². The molecule has 12 atom stereocenters. The van der Waals surface area contributed by atoms with Crippen LogP contribution < -0.4 is 16.0 Å². The summed E-state index contributed by atoms with van der Waals surface area (Å²) in [5.74, 6) is -18.0. The minimum Gasteiger partial charge on any atom is -0.382 e. The Balaban J connectivity index is 1.13. The van der Waals surface area contributed by atoms with E-state index in [1.54, 1.807) is 26.0 Å². The van der Waals surface area contributed by atoms with Gasteiger partial charge in [0.2, 0.25) is 76.8 Å². The first kappa shape index (κ1) is 88.8. The number of amides is 12. The molecule has 6 saturated carbocycles. The smallest absolute Gasteiger partial charge is 0.382 e. The lowest BCUT2D eigenvalue weighted by Crippen LogP contribution is -2.71. The molecule has 12 amide bonds. The molecule has 0 aromatic rings. The number of rotatable bonds is 14. The van der Waals surface area contributed by atoms with Gasteiger partial charge < -0.3 is 69.5 Å². The number of fused-ring (bicyclic) bond motifs is 3. The lowest BCUT2D eigenvalue weighted by molar-refractivity contribution is -0.219. The summed E-state index contributed by atoms with van der Waals surface area (Å²) in [7, 11) is 10.9. The van der Waals surface area contributed by atoms with Crippen molar-refractivity contribution in [1.82, 2.24) is 60.0 Å². The second-order valence-electron chi connectivity index (χ2n) is 34.8. The topological polar surface area (TPSA) is 289 Å². The summed E-state index contributed by atoms with van der Waals surface area (Å²) < 4.78 is 115. The van der Waals surface area contributed by atoms with E-state index in [-0.39, 0.29) is 77.0 Å². The van der Waals surface area contributed by atoms with Crippen LogP contribution in [0.15, 0.2) is 12.2 Å². The molecule has 0 radical (unpaired) electrons. The predicted octanol–water partition coefficient (Wildman–Crippen LogP) is 6.50. The van der Waals surface area contributed by atoms with Crippen molar-refractivity contribution in [1.29, 1.82) is 0 Å². The SMILES string of the molecule is CC[C@H](C)[C@@H]1NC(=O)[C@H](COC)N(C)C(=O)C[C@@H](C(=O)N(C)C)N(C)C(=O)[C@H](C2CCCC2)N(C)C(=O)C2(CC(C)(C)C2)NC(=O)[C@@H]2C[C@@H](OC3CCCC3)CN2C(=O)[C@H](CCC2CC(F)C(C(F)(F)F)C(F)C2)NC(=O)CN(C)C(=O)[C@H](CC2CCC(F)(F)CC2)N2CC/C=C\C[C@@H](C2=O)N(C)C(=O)CN(C2CC2)C1=O. The Bertz CT molecular complexity index is 3420. The Morgan fingerprint density at radius 2 is 1.29 bits per heavy atom. The Labute approximate surface area is 653 Å². The van der Waals surface area contributed by atoms with Crippen molar-refractivity contribution in [3.05, 3.63) is 12.2 Å². The minimum absolute atomic E-state index is 0.0210. The summed E-state index contributed by atoms with van der Waals surface area (Å²) in [5, 5.41) is 8.59. The zero-order valence-corrected chi connectivity index (χ0v) is 67.4. The summed E-state index contributed by atoms with van der Waals surface area (Å²) in [4.78, 5) is 194. The number of methoxy groups -OCH3 is 1. The van der Waals surface area contributed by atoms with Gasteiger partial charge in [0.1, 0.15) is 78.7 Å². The van der Waals surface area contributed by atoms with Gasteiger partial charge in [-0.1, -0.05) is 72.0 Å². The molecule has 26 nitrogen and oxygen atoms in total. The molecular formula is C79H121F7N12O14. The number of hydrogen-bond acceptors (Lipinski definition) is 14. The highest BCUT2D eigenvalue weighted by Gasteiger charge is 2.60. The van der Waals surface area contributed by atoms with E-state index in [2.05, 4.69) is 16.0 Å². The third kappa shape index (κ3) is 21.1. The monoisotopic (exact) mass is 1590 g/mol. The number of halogens is 7. The van der Waals surface area contributed by atoms with Crippen LogP contribution in [0.1, 0.15) is 195 Å². The number of hydrogen-bond donors (Lipinski definition) is 3. The minimum atomic E-state index is -5.21. The normalized spacial score (nSPS) is 32.4. The second-order valence-corrected chi connectivity index (χ2v) is 34.8. The molecule has 6 aliphatic carbocycles. The highest BCUT2D eigenvalue weighted by atomic mass is 19.4. The molecule has 3 N–H and O–H groups in total. The first-order valence-electron chi connectivity index (χ1n) is 40.5. The van der Waals surface area contributed by atoms with Gasteiger partial charge in [0.25, 0.3) is 0 Å². The van der Waals surface area contributed by atoms with E-state index in [0.29, 0.717) is 57.8 Å². The van der Waals surface area contributed by atoms with Crippen LogP contribution in [-0.2, 0) is 67.0 Å². The molecule has 8 fully saturated rings. The van der Waals surface area contributed by atoms with Crippen LogP contribution >= 0.6 is 0 Å². The van der Waals surface area contributed by atoms with Crippen LogP contribution in [0.25, 0.3) is 0 Å². The van der Waals surface area contributed by atoms with Crippen molar-refractivity contribution in [3.63, 3.8) is 0 Å². The third-order valence-corrected chi connectivity index (χ3v) is 25.5. The zero-order valence-electron chi connectivity index (χ0n) is 67.4. The predicted molar refractivity (Wildman–Crippen MR) is 397 cm³/mol. The number of nitrogens with zero attached hydrogens (tertiary/aromatic N) is 9. The molecule has 0 aromatic heterocycles. The van der Waals surface area contributed by atoms with Crippen LogP contribution in [-0.4, -0.2) is 301 Å². The van der Waals surface area contributed by atoms with Gasteiger partial charge in [-0.15, -0.1) is 0 Å². The van der Waals surface area contributed by atoms with Crippen LogP contribution in [0.4, 0.5) is 30.7 Å². The molecule has 33 heteroatoms. The van der Waals surface area contributed by atoms with Crippen LogP contribution in [0.2, 0.25) is 0 Å². The number of nitrogens with one attached hydrogen (secondary N) is 3. The van der Waals surface area contributed by atoms with Gasteiger partial charge in [-0.25, -0.2) is 17.6 Å². The van der Waals surface area contributed by atoms with Crippen molar-refractivity contribution < 1.29 is 97.7 Å². The highest BCUT2D eigenvalue weighted by Crippen LogP contribution is 2.50. The van der Waals surface area contributed by atoms with E-state index in [9.17, 15) is 45.9 Å². The van der Waals surface area contributed by atoms with Gasteiger partial charge in [0.05, 0.1) is 31.8 Å². The molecule has 9 rings (SSSR count). The average Bonchev–Trinajstić information content (AvgIpc) is 0.856. The maximum absolute atomic E-state index is 15.9. The Kier molecular flexibility index (Phi) is 29.5. The summed E-state index contributed by atoms with van der Waals surface area (Å²) in [6.45, 7) is 5.04. The number of carbonyl (C=O) groups is 12. The summed E-state index contributed by atoms with van der Waals surface area (Å²) in [5.41, 5.74) is -2.36. The molecule has 0 aromatic carbocycles. The third-order valence-electron chi connectivity index (χ3n) is 25.5. The largest absolute Gasteiger partial charge is 0.397 e. The Hall–Kier alpha value is -7.19. The summed E-state index contributed by atoms with van der Waals surface area (Å²) in [6, 6.07) is -12.0. The van der Waals surface area contributed by atoms with Crippen LogP contribution in [0, 0.1) is 35.0 Å². The highest BCUT2D eigenvalue weighted by molar-refractivity contribution is 6.01. The zero-order chi connectivity index (χ0) is 82.4. The lowest BCUT2D eigenvalue weighted by Gasteiger charge is -2.54. The fraction of sp³-hybridized carbons (Fsp3) is 0.823. The van der Waals surface area contributed by atoms with Gasteiger partial charge >= 0.3 is 6.18 Å². The molecule has 2 unspecified atom stereocenters. The second kappa shape index (κ2) is 37.2. The number of alkyl halides is 7. The standard InChI is InChI=1S/C79H121F7N12O14/c1-13-46(2)65-73(108)97(50-27-28-50)42-63(101)92(8)56-25-15-14-20-34-96(72(56)107)59(37-47-30-32-78(82,83)33-31-47)71(106)91(7)41-61(99)87-55(29-26-48-35-53(80)64(54(81)36-48)79(84,85)86)69(104)98-40-52(112-51-23-18-19-24-51)38-57(98)68(103)89-77(44-76(3,4)45-77)75(110)95(11)66(49-21-16-17-22-49)74(109)94(10)58(70(105)90(5)6)39-62(100)93(9)60(43-111-12)67(102)88-65/h14-15,46-60,64-66H,13,16-45H2,1-12H3,(H,87,99)(H,88,102)(H,89,103)/b15-14-/t46-,48?,52+,53?,54?,55-,56-,57-,58-,59-,60-,64?,65-,66-/m0/s1. The summed E-state index contributed by atoms with van der Waals surface area (Å²) in [6.07, 6.45) is -5.87.